The molecule has 6 rings (SSSR count). The number of nitrogens with zero attached hydrogens (tertiary/aromatic N) is 2. The fraction of sp³-hybridized carbons (Fsp3) is 0.320. The summed E-state index contributed by atoms with van der Waals surface area (Å²) in [4.78, 5) is 15.7. The molecule has 1 aromatic heterocycles. The second-order valence-electron chi connectivity index (χ2n) is 9.06. The summed E-state index contributed by atoms with van der Waals surface area (Å²) in [5.74, 6) is 0.300. The lowest BCUT2D eigenvalue weighted by atomic mass is 9.65. The minimum Gasteiger partial charge on any atom is -0.298 e. The molecule has 0 spiro atoms. The van der Waals surface area contributed by atoms with Crippen molar-refractivity contribution < 1.29 is 13.2 Å². The van der Waals surface area contributed by atoms with Crippen LogP contribution in [0.25, 0.3) is 10.9 Å². The Morgan fingerprint density at radius 1 is 1.03 bits per heavy atom. The number of alkyl halides is 1. The third-order valence-electron chi connectivity index (χ3n) is 7.30. The topological polar surface area (TPSA) is 59.4 Å². The van der Waals surface area contributed by atoms with Crippen LogP contribution in [0.5, 0.6) is 0 Å². The molecule has 3 aliphatic rings. The summed E-state index contributed by atoms with van der Waals surface area (Å²) in [6.07, 6.45) is 6.37. The fourth-order valence-corrected chi connectivity index (χ4v) is 8.33. The standard InChI is InChI=1S/C25H23IN2O3S/c26-19-16-27-14-6-12-25(15-22(19)29)13-11-21-23(24(25)27)18-9-4-5-10-20(18)28(21)32(30,31)17-7-2-1-3-8-17/h1-10,12,19,24H,11,13-16H2/t19?,24-,25-/m1/s1. The van der Waals surface area contributed by atoms with Crippen LogP contribution in [0.3, 0.4) is 0 Å². The fourth-order valence-electron chi connectivity index (χ4n) is 5.99. The maximum atomic E-state index is 13.8. The van der Waals surface area contributed by atoms with Crippen LogP contribution in [-0.4, -0.2) is 40.1 Å². The van der Waals surface area contributed by atoms with Crippen molar-refractivity contribution in [3.8, 4) is 0 Å². The quantitative estimate of drug-likeness (QED) is 0.264. The molecule has 1 aliphatic carbocycles. The van der Waals surface area contributed by atoms with Crippen molar-refractivity contribution in [2.75, 3.05) is 13.1 Å². The number of hydrogen-bond donors (Lipinski definition) is 0. The maximum Gasteiger partial charge on any atom is 0.268 e. The number of benzene rings is 2. The summed E-state index contributed by atoms with van der Waals surface area (Å²) < 4.78 is 29.2. The molecule has 1 fully saturated rings. The summed E-state index contributed by atoms with van der Waals surface area (Å²) in [7, 11) is -3.75. The van der Waals surface area contributed by atoms with E-state index in [4.69, 9.17) is 0 Å². The second kappa shape index (κ2) is 7.27. The van der Waals surface area contributed by atoms with Crippen molar-refractivity contribution >= 4 is 49.3 Å². The van der Waals surface area contributed by atoms with Crippen LogP contribution < -0.4 is 0 Å². The van der Waals surface area contributed by atoms with Gasteiger partial charge in [0.05, 0.1) is 14.3 Å². The minimum atomic E-state index is -3.75. The van der Waals surface area contributed by atoms with Crippen LogP contribution in [0.2, 0.25) is 0 Å². The molecule has 2 unspecified atom stereocenters. The molecule has 2 aliphatic heterocycles. The molecule has 5 nitrogen and oxygen atoms in total. The zero-order valence-corrected chi connectivity index (χ0v) is 20.4. The van der Waals surface area contributed by atoms with Gasteiger partial charge in [0.1, 0.15) is 5.78 Å². The molecule has 32 heavy (non-hydrogen) atoms. The highest BCUT2D eigenvalue weighted by Gasteiger charge is 2.52. The van der Waals surface area contributed by atoms with Gasteiger partial charge in [-0.2, -0.15) is 0 Å². The maximum absolute atomic E-state index is 13.8. The van der Waals surface area contributed by atoms with Crippen molar-refractivity contribution in [2.45, 2.75) is 34.1 Å². The average Bonchev–Trinajstić information content (AvgIpc) is 3.12. The van der Waals surface area contributed by atoms with Crippen LogP contribution >= 0.6 is 22.6 Å². The molecule has 1 saturated heterocycles. The van der Waals surface area contributed by atoms with E-state index >= 15 is 0 Å². The Bertz CT molecular complexity index is 1380. The summed E-state index contributed by atoms with van der Waals surface area (Å²) in [5, 5.41) is 0.982. The van der Waals surface area contributed by atoms with Gasteiger partial charge in [0.2, 0.25) is 0 Å². The van der Waals surface area contributed by atoms with E-state index in [2.05, 4.69) is 39.6 Å². The van der Waals surface area contributed by atoms with Gasteiger partial charge in [0.15, 0.2) is 0 Å². The number of aromatic nitrogens is 1. The molecule has 2 aromatic carbocycles. The Balaban J connectivity index is 1.65. The van der Waals surface area contributed by atoms with E-state index in [9.17, 15) is 13.2 Å². The van der Waals surface area contributed by atoms with Crippen LogP contribution in [-0.2, 0) is 21.2 Å². The van der Waals surface area contributed by atoms with Crippen molar-refractivity contribution in [2.24, 2.45) is 5.41 Å². The summed E-state index contributed by atoms with van der Waals surface area (Å²) >= 11 is 2.28. The van der Waals surface area contributed by atoms with Gasteiger partial charge < -0.3 is 0 Å². The predicted molar refractivity (Wildman–Crippen MR) is 133 cm³/mol. The van der Waals surface area contributed by atoms with Gasteiger partial charge in [-0.05, 0) is 31.0 Å². The van der Waals surface area contributed by atoms with Gasteiger partial charge in [-0.3, -0.25) is 9.69 Å². The van der Waals surface area contributed by atoms with E-state index in [1.165, 1.54) is 0 Å². The highest BCUT2D eigenvalue weighted by Crippen LogP contribution is 2.56. The van der Waals surface area contributed by atoms with E-state index < -0.39 is 10.0 Å². The van der Waals surface area contributed by atoms with E-state index in [0.717, 1.165) is 35.1 Å². The predicted octanol–water partition coefficient (Wildman–Crippen LogP) is 4.50. The normalized spacial score (nSPS) is 29.4. The number of ketones is 1. The minimum absolute atomic E-state index is 0.0112. The van der Waals surface area contributed by atoms with Crippen LogP contribution in [0.15, 0.2) is 71.6 Å². The number of fused-ring (bicyclic) bond motifs is 3. The molecule has 3 heterocycles. The number of Topliss-reactive ketones (excluding diaryl/α,β-unsaturated/α-hetero) is 1. The highest BCUT2D eigenvalue weighted by molar-refractivity contribution is 14.1. The van der Waals surface area contributed by atoms with Gasteiger partial charge in [-0.15, -0.1) is 0 Å². The lowest BCUT2D eigenvalue weighted by Crippen LogP contribution is -2.45. The zero-order chi connectivity index (χ0) is 22.1. The molecular weight excluding hydrogens is 535 g/mol. The summed E-state index contributed by atoms with van der Waals surface area (Å²) in [6, 6.07) is 16.5. The lowest BCUT2D eigenvalue weighted by molar-refractivity contribution is -0.119. The molecule has 7 heteroatoms. The van der Waals surface area contributed by atoms with Gasteiger partial charge in [-0.25, -0.2) is 12.4 Å². The molecule has 2 bridgehead atoms. The zero-order valence-electron chi connectivity index (χ0n) is 17.4. The first kappa shape index (κ1) is 20.6. The number of halogens is 1. The second-order valence-corrected chi connectivity index (χ2v) is 12.4. The Hall–Kier alpha value is -1.97. The van der Waals surface area contributed by atoms with Gasteiger partial charge in [-0.1, -0.05) is 71.1 Å². The van der Waals surface area contributed by atoms with Crippen molar-refractivity contribution in [1.29, 1.82) is 0 Å². The van der Waals surface area contributed by atoms with Crippen LogP contribution in [0.4, 0.5) is 0 Å². The van der Waals surface area contributed by atoms with Crippen molar-refractivity contribution in [3.05, 3.63) is 78.0 Å². The van der Waals surface area contributed by atoms with E-state index in [-0.39, 0.29) is 15.4 Å². The van der Waals surface area contributed by atoms with E-state index in [0.29, 0.717) is 30.1 Å². The number of carbonyl (C=O) groups is 1. The number of hydrogen-bond acceptors (Lipinski definition) is 4. The molecule has 4 atom stereocenters. The van der Waals surface area contributed by atoms with E-state index in [1.54, 1.807) is 28.2 Å². The highest BCUT2D eigenvalue weighted by atomic mass is 127. The molecule has 0 saturated carbocycles. The largest absolute Gasteiger partial charge is 0.298 e. The Morgan fingerprint density at radius 3 is 2.59 bits per heavy atom. The van der Waals surface area contributed by atoms with Crippen molar-refractivity contribution in [3.63, 3.8) is 0 Å². The smallest absolute Gasteiger partial charge is 0.268 e. The number of rotatable bonds is 2. The SMILES string of the molecule is O=C1C[C@]23C=CCN(CC1I)[C@@H]2c1c(n(S(=O)(=O)c2ccccc2)c2ccccc12)CC3. The average molecular weight is 558 g/mol. The van der Waals surface area contributed by atoms with Gasteiger partial charge in [0.25, 0.3) is 10.0 Å². The molecule has 0 N–H and O–H groups in total. The molecule has 3 aromatic rings. The molecule has 0 amide bonds. The molecule has 164 valence electrons. The number of carbonyl (C=O) groups excluding carboxylic acids is 1. The monoisotopic (exact) mass is 558 g/mol. The summed E-state index contributed by atoms with van der Waals surface area (Å²) in [5.41, 5.74) is 2.42. The first-order valence-corrected chi connectivity index (χ1v) is 13.6. The van der Waals surface area contributed by atoms with Gasteiger partial charge >= 0.3 is 0 Å². The number of para-hydroxylation sites is 1. The van der Waals surface area contributed by atoms with E-state index in [1.807, 2.05) is 30.3 Å². The first-order chi connectivity index (χ1) is 15.4. The lowest BCUT2D eigenvalue weighted by Gasteiger charge is -2.48. The summed E-state index contributed by atoms with van der Waals surface area (Å²) in [6.45, 7) is 1.48. The third kappa shape index (κ3) is 2.83. The Morgan fingerprint density at radius 2 is 1.78 bits per heavy atom. The van der Waals surface area contributed by atoms with Crippen molar-refractivity contribution in [1.82, 2.24) is 8.87 Å². The van der Waals surface area contributed by atoms with Crippen LogP contribution in [0.1, 0.15) is 30.1 Å². The first-order valence-electron chi connectivity index (χ1n) is 10.9. The Kier molecular flexibility index (Phi) is 4.68. The van der Waals surface area contributed by atoms with Crippen LogP contribution in [0, 0.1) is 5.41 Å². The Labute approximate surface area is 201 Å². The molecule has 0 radical (unpaired) electrons. The van der Waals surface area contributed by atoms with Gasteiger partial charge in [0, 0.05) is 47.6 Å². The molecular formula is C25H23IN2O3S. The third-order valence-corrected chi connectivity index (χ3v) is 10.2.